The summed E-state index contributed by atoms with van der Waals surface area (Å²) in [5, 5.41) is 0. The van der Waals surface area contributed by atoms with E-state index in [9.17, 15) is 9.59 Å². The van der Waals surface area contributed by atoms with Crippen molar-refractivity contribution in [3.8, 4) is 0 Å². The molecule has 10 heteroatoms. The molecule has 0 unspecified atom stereocenters. The van der Waals surface area contributed by atoms with Crippen molar-refractivity contribution in [2.24, 2.45) is 11.5 Å². The maximum absolute atomic E-state index is 10.2. The Labute approximate surface area is 128 Å². The Balaban J connectivity index is -0.000000183. The fourth-order valence-corrected chi connectivity index (χ4v) is 0.898. The largest absolute Gasteiger partial charge is 0.115 e. The van der Waals surface area contributed by atoms with E-state index in [4.69, 9.17) is 11.5 Å². The number of thiol groups is 2. The van der Waals surface area contributed by atoms with Crippen LogP contribution in [0.5, 0.6) is 0 Å². The first kappa shape index (κ1) is 22.1. The first-order valence-electron chi connectivity index (χ1n) is 3.75. The van der Waals surface area contributed by atoms with Crippen molar-refractivity contribution in [2.75, 3.05) is 0 Å². The van der Waals surface area contributed by atoms with E-state index in [1.165, 1.54) is 40.4 Å². The van der Waals surface area contributed by atoms with Crippen LogP contribution in [0.3, 0.4) is 0 Å². The zero-order valence-corrected chi connectivity index (χ0v) is 14.5. The molecule has 2 atom stereocenters. The zero-order valence-electron chi connectivity index (χ0n) is 8.65. The van der Waals surface area contributed by atoms with E-state index in [1.807, 2.05) is 0 Å². The topological polar surface area (TPSA) is 105 Å². The van der Waals surface area contributed by atoms with Crippen molar-refractivity contribution < 1.29 is 56.8 Å². The number of rotatable bonds is 2. The third-order valence-corrected chi connectivity index (χ3v) is 1.72. The second kappa shape index (κ2) is 15.9. The second-order valence-corrected chi connectivity index (χ2v) is 3.20. The van der Waals surface area contributed by atoms with E-state index < -0.39 is 12.1 Å². The Morgan fingerprint density at radius 3 is 1.19 bits per heavy atom. The molecule has 0 amide bonds. The molecule has 0 radical (unpaired) electrons. The van der Waals surface area contributed by atoms with Crippen LogP contribution in [-0.2, 0) is 56.8 Å². The van der Waals surface area contributed by atoms with Gasteiger partial charge in [0.25, 0.3) is 0 Å². The van der Waals surface area contributed by atoms with Gasteiger partial charge in [-0.15, -0.1) is 23.3 Å². The summed E-state index contributed by atoms with van der Waals surface area (Å²) < 4.78 is 8.52. The molecule has 6 nitrogen and oxygen atoms in total. The molecule has 0 aromatic carbocycles. The minimum atomic E-state index is -0.493. The molecule has 0 aromatic heterocycles. The van der Waals surface area contributed by atoms with Crippen molar-refractivity contribution in [3.63, 3.8) is 0 Å². The summed E-state index contributed by atoms with van der Waals surface area (Å²) in [6, 6.07) is -0.986. The van der Waals surface area contributed by atoms with Crippen LogP contribution >= 0.6 is 23.3 Å². The van der Waals surface area contributed by atoms with Crippen LogP contribution in [0.4, 0.5) is 0 Å². The molecule has 96 valence electrons. The number of hydrogen-bond acceptors (Lipinski definition) is 8. The molecule has 0 aliphatic carbocycles. The van der Waals surface area contributed by atoms with Crippen LogP contribution in [0.25, 0.3) is 0 Å². The molecule has 0 rings (SSSR count). The summed E-state index contributed by atoms with van der Waals surface area (Å²) in [4.78, 5) is 20.3. The quantitative estimate of drug-likeness (QED) is 0.264. The van der Waals surface area contributed by atoms with Gasteiger partial charge < -0.3 is 0 Å². The standard InChI is InChI=1S/2C3H7NO2.2Mo.H2S2/c2*1-2(4)3(5)6;;;1-2/h2*2H,4H2,1H3,(H,5,6);;;1-2H/q;;2*+1;/p-2/t2*2-;;;/m00.../s1. The molecule has 0 spiro atoms. The molecule has 0 aliphatic rings. The molecule has 0 fully saturated rings. The molecule has 0 aromatic rings. The molecular weight excluding hydrogens is 420 g/mol. The van der Waals surface area contributed by atoms with Crippen molar-refractivity contribution in [1.29, 1.82) is 0 Å². The van der Waals surface area contributed by atoms with Gasteiger partial charge in [-0.25, -0.2) is 0 Å². The van der Waals surface area contributed by atoms with Crippen LogP contribution < -0.4 is 11.5 Å². The van der Waals surface area contributed by atoms with Gasteiger partial charge in [0.2, 0.25) is 0 Å². The number of hydrogen-bond donors (Lipinski definition) is 4. The van der Waals surface area contributed by atoms with E-state index >= 15 is 0 Å². The van der Waals surface area contributed by atoms with Crippen molar-refractivity contribution in [3.05, 3.63) is 0 Å². The minimum absolute atomic E-state index is 0.371. The third kappa shape index (κ3) is 17.3. The predicted molar refractivity (Wildman–Crippen MR) is 57.5 cm³/mol. The molecule has 4 N–H and O–H groups in total. The predicted octanol–water partition coefficient (Wildman–Crippen LogP) is -0.562. The molecule has 0 aliphatic heterocycles. The van der Waals surface area contributed by atoms with Crippen LogP contribution in [0.1, 0.15) is 13.8 Å². The summed E-state index contributed by atoms with van der Waals surface area (Å²) in [5.41, 5.74) is 10.1. The van der Waals surface area contributed by atoms with Crippen LogP contribution in [-0.4, -0.2) is 24.0 Å². The van der Waals surface area contributed by atoms with E-state index in [0.717, 1.165) is 0 Å². The monoisotopic (exact) mass is 438 g/mol. The summed E-state index contributed by atoms with van der Waals surface area (Å²) >= 11 is 8.94. The fourth-order valence-electron chi connectivity index (χ4n) is 0.152. The number of carbonyl (C=O) groups is 2. The van der Waals surface area contributed by atoms with E-state index in [2.05, 4.69) is 30.1 Å². The smallest absolute Gasteiger partial charge is 0.115 e. The van der Waals surface area contributed by atoms with Gasteiger partial charge in [0, 0.05) is 0 Å². The van der Waals surface area contributed by atoms with E-state index in [-0.39, 0.29) is 11.9 Å². The average Bonchev–Trinajstić information content (AvgIpc) is 2.29. The summed E-state index contributed by atoms with van der Waals surface area (Å²) in [5.74, 6) is -0.741. The summed E-state index contributed by atoms with van der Waals surface area (Å²) in [6.07, 6.45) is 0. The van der Waals surface area contributed by atoms with Gasteiger partial charge in [-0.1, -0.05) is 0 Å². The van der Waals surface area contributed by atoms with Crippen molar-refractivity contribution in [1.82, 2.24) is 0 Å². The summed E-state index contributed by atoms with van der Waals surface area (Å²) in [6.45, 7) is 3.15. The van der Waals surface area contributed by atoms with Crippen LogP contribution in [0.15, 0.2) is 0 Å². The Morgan fingerprint density at radius 2 is 1.19 bits per heavy atom. The normalized spacial score (nSPS) is 11.6. The minimum Gasteiger partial charge on any atom is -0.115 e. The fraction of sp³-hybridized carbons (Fsp3) is 0.667. The first-order chi connectivity index (χ1) is 7.36. The summed E-state index contributed by atoms with van der Waals surface area (Å²) in [7, 11) is 0. The third-order valence-electron chi connectivity index (χ3n) is 0.908. The Hall–Kier alpha value is 0.937. The Kier molecular flexibility index (Phi) is 22.1. The van der Waals surface area contributed by atoms with Crippen molar-refractivity contribution >= 4 is 35.3 Å². The van der Waals surface area contributed by atoms with Crippen molar-refractivity contribution in [2.45, 2.75) is 25.9 Å². The van der Waals surface area contributed by atoms with Crippen LogP contribution in [0.2, 0.25) is 0 Å². The van der Waals surface area contributed by atoms with Gasteiger partial charge in [0.1, 0.15) is 0 Å². The number of nitrogens with two attached hydrogens (primary N) is 2. The molecule has 0 heterocycles. The SMILES string of the molecule is C[C@H](N)C(=O)[O][Mo].C[C@H](N)C(=O)[O][Mo].SS. The number of carbonyl (C=O) groups excluding carboxylic acids is 2. The van der Waals surface area contributed by atoms with Gasteiger partial charge in [-0.2, -0.15) is 0 Å². The Bertz CT molecular complexity index is 175. The van der Waals surface area contributed by atoms with E-state index in [1.54, 1.807) is 13.8 Å². The molecule has 0 saturated heterocycles. The second-order valence-electron chi connectivity index (χ2n) is 2.38. The van der Waals surface area contributed by atoms with Gasteiger partial charge in [0.05, 0.1) is 0 Å². The van der Waals surface area contributed by atoms with Gasteiger partial charge in [-0.05, 0) is 0 Å². The average molecular weight is 434 g/mol. The maximum atomic E-state index is 10.2. The molecule has 0 saturated carbocycles. The molecule has 16 heavy (non-hydrogen) atoms. The van der Waals surface area contributed by atoms with Gasteiger partial charge >= 0.3 is 106 Å². The van der Waals surface area contributed by atoms with Gasteiger partial charge in [-0.3, -0.25) is 0 Å². The Morgan fingerprint density at radius 1 is 1.00 bits per heavy atom. The van der Waals surface area contributed by atoms with E-state index in [0.29, 0.717) is 0 Å². The first-order valence-corrected chi connectivity index (χ1v) is 6.99. The molecular formula is C6H14Mo2N2O4S2. The zero-order chi connectivity index (χ0) is 13.7. The molecule has 0 bridgehead atoms. The maximum Gasteiger partial charge on any atom is -0.115 e. The van der Waals surface area contributed by atoms with Gasteiger partial charge in [0.15, 0.2) is 0 Å². The van der Waals surface area contributed by atoms with Crippen LogP contribution in [0, 0.1) is 0 Å².